The number of hydrogen-bond acceptors (Lipinski definition) is 7. The number of halogens is 1. The van der Waals surface area contributed by atoms with Gasteiger partial charge in [-0.05, 0) is 42.0 Å². The lowest BCUT2D eigenvalue weighted by Gasteiger charge is -2.03. The number of fused-ring (bicyclic) bond motifs is 1. The van der Waals surface area contributed by atoms with Crippen LogP contribution in [0.5, 0.6) is 5.75 Å². The highest BCUT2D eigenvalue weighted by atomic mass is 35.5. The molecular formula is C23H14ClN3O5S. The van der Waals surface area contributed by atoms with E-state index < -0.39 is 16.8 Å². The van der Waals surface area contributed by atoms with Gasteiger partial charge in [-0.3, -0.25) is 14.9 Å². The van der Waals surface area contributed by atoms with Crippen LogP contribution in [-0.4, -0.2) is 23.0 Å². The van der Waals surface area contributed by atoms with Crippen LogP contribution in [0.1, 0.15) is 25.6 Å². The minimum atomic E-state index is -0.583. The van der Waals surface area contributed by atoms with Crippen LogP contribution in [0.3, 0.4) is 0 Å². The predicted molar refractivity (Wildman–Crippen MR) is 126 cm³/mol. The molecule has 1 aromatic heterocycles. The second kappa shape index (κ2) is 9.60. The van der Waals surface area contributed by atoms with E-state index >= 15 is 0 Å². The Labute approximate surface area is 196 Å². The van der Waals surface area contributed by atoms with Gasteiger partial charge in [-0.15, -0.1) is 11.3 Å². The number of carbonyl (C=O) groups excluding carboxylic acids is 2. The summed E-state index contributed by atoms with van der Waals surface area (Å²) in [6, 6.07) is 19.2. The van der Waals surface area contributed by atoms with Crippen molar-refractivity contribution in [2.75, 3.05) is 0 Å². The quantitative estimate of drug-likeness (QED) is 0.130. The van der Waals surface area contributed by atoms with E-state index in [0.717, 1.165) is 16.2 Å². The molecule has 1 amide bonds. The second-order valence-electron chi connectivity index (χ2n) is 6.71. The summed E-state index contributed by atoms with van der Waals surface area (Å²) in [7, 11) is 0. The highest BCUT2D eigenvalue weighted by molar-refractivity contribution is 7.21. The van der Waals surface area contributed by atoms with Crippen molar-refractivity contribution in [1.82, 2.24) is 5.43 Å². The van der Waals surface area contributed by atoms with Gasteiger partial charge in [-0.25, -0.2) is 10.2 Å². The highest BCUT2D eigenvalue weighted by Gasteiger charge is 2.19. The van der Waals surface area contributed by atoms with Crippen LogP contribution in [-0.2, 0) is 0 Å². The van der Waals surface area contributed by atoms with Crippen LogP contribution in [0.4, 0.5) is 5.69 Å². The number of nitro groups is 1. The Hall–Kier alpha value is -4.08. The van der Waals surface area contributed by atoms with Gasteiger partial charge < -0.3 is 4.74 Å². The Kier molecular flexibility index (Phi) is 6.43. The van der Waals surface area contributed by atoms with Crippen molar-refractivity contribution in [2.24, 2.45) is 5.10 Å². The summed E-state index contributed by atoms with van der Waals surface area (Å²) in [5, 5.41) is 15.8. The van der Waals surface area contributed by atoms with Crippen LogP contribution in [0.15, 0.2) is 77.9 Å². The molecule has 1 N–H and O–H groups in total. The van der Waals surface area contributed by atoms with Crippen molar-refractivity contribution < 1.29 is 19.2 Å². The van der Waals surface area contributed by atoms with Gasteiger partial charge in [0.15, 0.2) is 0 Å². The Bertz CT molecular complexity index is 1400. The van der Waals surface area contributed by atoms with Gasteiger partial charge in [-0.2, -0.15) is 5.10 Å². The summed E-state index contributed by atoms with van der Waals surface area (Å²) >= 11 is 7.58. The van der Waals surface area contributed by atoms with Crippen molar-refractivity contribution >= 4 is 56.8 Å². The molecule has 0 radical (unpaired) electrons. The van der Waals surface area contributed by atoms with Gasteiger partial charge in [0, 0.05) is 27.8 Å². The number of rotatable bonds is 6. The molecule has 0 aliphatic rings. The average molecular weight is 480 g/mol. The first-order valence-corrected chi connectivity index (χ1v) is 10.7. The Balaban J connectivity index is 1.38. The number of hydrazone groups is 1. The monoisotopic (exact) mass is 479 g/mol. The fraction of sp³-hybridized carbons (Fsp3) is 0. The Morgan fingerprint density at radius 2 is 1.82 bits per heavy atom. The van der Waals surface area contributed by atoms with E-state index in [9.17, 15) is 19.7 Å². The number of non-ortho nitro benzene ring substituents is 1. The van der Waals surface area contributed by atoms with Crippen molar-refractivity contribution in [3.8, 4) is 5.75 Å². The molecule has 0 bridgehead atoms. The summed E-state index contributed by atoms with van der Waals surface area (Å²) in [5.74, 6) is -0.807. The zero-order chi connectivity index (χ0) is 23.4. The zero-order valence-corrected chi connectivity index (χ0v) is 18.3. The highest BCUT2D eigenvalue weighted by Crippen LogP contribution is 2.35. The molecule has 0 unspecified atom stereocenters. The maximum Gasteiger partial charge on any atom is 0.355 e. The summed E-state index contributed by atoms with van der Waals surface area (Å²) in [6.45, 7) is 0. The molecular weight excluding hydrogens is 466 g/mol. The predicted octanol–water partition coefficient (Wildman–Crippen LogP) is 5.45. The second-order valence-corrected chi connectivity index (χ2v) is 8.14. The fourth-order valence-corrected chi connectivity index (χ4v) is 4.30. The number of benzene rings is 3. The lowest BCUT2D eigenvalue weighted by molar-refractivity contribution is -0.384. The molecule has 0 aliphatic heterocycles. The minimum Gasteiger partial charge on any atom is -0.422 e. The van der Waals surface area contributed by atoms with Crippen LogP contribution in [0.2, 0.25) is 5.02 Å². The number of esters is 1. The molecule has 0 saturated carbocycles. The van der Waals surface area contributed by atoms with E-state index in [1.807, 2.05) is 24.3 Å². The Morgan fingerprint density at radius 3 is 2.55 bits per heavy atom. The largest absolute Gasteiger partial charge is 0.422 e. The third-order valence-electron chi connectivity index (χ3n) is 4.51. The van der Waals surface area contributed by atoms with E-state index in [2.05, 4.69) is 10.5 Å². The first kappa shape index (κ1) is 22.1. The summed E-state index contributed by atoms with van der Waals surface area (Å²) < 4.78 is 6.31. The van der Waals surface area contributed by atoms with Gasteiger partial charge in [0.1, 0.15) is 10.6 Å². The van der Waals surface area contributed by atoms with E-state index in [4.69, 9.17) is 16.3 Å². The molecule has 0 atom stereocenters. The maximum atomic E-state index is 12.5. The summed E-state index contributed by atoms with van der Waals surface area (Å²) in [4.78, 5) is 35.2. The molecule has 3 aromatic carbocycles. The number of nitrogens with one attached hydrogen (secondary N) is 1. The molecule has 33 heavy (non-hydrogen) atoms. The van der Waals surface area contributed by atoms with E-state index in [1.54, 1.807) is 24.3 Å². The molecule has 0 aliphatic carbocycles. The normalized spacial score (nSPS) is 10.9. The minimum absolute atomic E-state index is 0.114. The first-order valence-electron chi connectivity index (χ1n) is 9.49. The zero-order valence-electron chi connectivity index (χ0n) is 16.7. The summed E-state index contributed by atoms with van der Waals surface area (Å²) in [6.07, 6.45) is 1.39. The number of nitro benzene ring substituents is 1. The molecule has 164 valence electrons. The van der Waals surface area contributed by atoms with E-state index in [1.165, 1.54) is 35.8 Å². The van der Waals surface area contributed by atoms with E-state index in [0.29, 0.717) is 21.2 Å². The third kappa shape index (κ3) is 5.05. The van der Waals surface area contributed by atoms with Crippen molar-refractivity contribution in [2.45, 2.75) is 0 Å². The standard InChI is InChI=1S/C23H14ClN3O5S/c24-20-18-6-1-2-7-19(18)33-21(20)23(29)32-17-10-8-14(9-11-17)13-25-26-22(28)15-4-3-5-16(12-15)27(30)31/h1-13H,(H,26,28)/b25-13+. The molecule has 0 saturated heterocycles. The number of carbonyl (C=O) groups is 2. The number of amides is 1. The third-order valence-corrected chi connectivity index (χ3v) is 6.17. The number of nitrogens with zero attached hydrogens (tertiary/aromatic N) is 2. The number of hydrogen-bond donors (Lipinski definition) is 1. The smallest absolute Gasteiger partial charge is 0.355 e. The van der Waals surface area contributed by atoms with Crippen LogP contribution in [0.25, 0.3) is 10.1 Å². The van der Waals surface area contributed by atoms with Gasteiger partial charge >= 0.3 is 5.97 Å². The lowest BCUT2D eigenvalue weighted by Crippen LogP contribution is -2.17. The van der Waals surface area contributed by atoms with E-state index in [-0.39, 0.29) is 11.3 Å². The summed E-state index contributed by atoms with van der Waals surface area (Å²) in [5.41, 5.74) is 2.87. The van der Waals surface area contributed by atoms with Crippen LogP contribution in [0, 0.1) is 10.1 Å². The first-order chi connectivity index (χ1) is 15.9. The lowest BCUT2D eigenvalue weighted by atomic mass is 10.2. The molecule has 0 spiro atoms. The van der Waals surface area contributed by atoms with Gasteiger partial charge in [0.25, 0.3) is 11.6 Å². The number of thiophene rings is 1. The Morgan fingerprint density at radius 1 is 1.06 bits per heavy atom. The van der Waals surface area contributed by atoms with Crippen molar-refractivity contribution in [3.63, 3.8) is 0 Å². The average Bonchev–Trinajstić information content (AvgIpc) is 3.17. The van der Waals surface area contributed by atoms with Crippen LogP contribution >= 0.6 is 22.9 Å². The van der Waals surface area contributed by atoms with Gasteiger partial charge in [0.2, 0.25) is 0 Å². The molecule has 4 aromatic rings. The van der Waals surface area contributed by atoms with Crippen LogP contribution < -0.4 is 10.2 Å². The molecule has 10 heteroatoms. The molecule has 4 rings (SSSR count). The maximum absolute atomic E-state index is 12.5. The molecule has 1 heterocycles. The molecule has 0 fully saturated rings. The van der Waals surface area contributed by atoms with Crippen molar-refractivity contribution in [1.29, 1.82) is 0 Å². The molecule has 8 nitrogen and oxygen atoms in total. The topological polar surface area (TPSA) is 111 Å². The van der Waals surface area contributed by atoms with Gasteiger partial charge in [-0.1, -0.05) is 35.9 Å². The fourth-order valence-electron chi connectivity index (χ4n) is 2.91. The SMILES string of the molecule is O=C(N/N=C/c1ccc(OC(=O)c2sc3ccccc3c2Cl)cc1)c1cccc([N+](=O)[O-])c1. The van der Waals surface area contributed by atoms with Gasteiger partial charge in [0.05, 0.1) is 16.2 Å². The van der Waals surface area contributed by atoms with Crippen molar-refractivity contribution in [3.05, 3.63) is 104 Å². The number of ether oxygens (including phenoxy) is 1.